The van der Waals surface area contributed by atoms with E-state index in [1.54, 1.807) is 0 Å². The molecule has 1 rings (SSSR count). The monoisotopic (exact) mass is 290 g/mol. The van der Waals surface area contributed by atoms with Crippen molar-refractivity contribution < 1.29 is 29.7 Å². The molecule has 6 nitrogen and oxygen atoms in total. The summed E-state index contributed by atoms with van der Waals surface area (Å²) in [5.41, 5.74) is -0.944. The Balaban J connectivity index is 3.91. The molecule has 0 aliphatic carbocycles. The molecule has 0 aromatic heterocycles. The summed E-state index contributed by atoms with van der Waals surface area (Å²) in [5, 5.41) is 27.7. The highest BCUT2D eigenvalue weighted by atomic mass is 16.4. The molecule has 3 N–H and O–H groups in total. The predicted octanol–water partition coefficient (Wildman–Crippen LogP) is 2.24. The Bertz CT molecular complexity index is 596. The maximum absolute atomic E-state index is 11.5. The molecule has 0 spiro atoms. The molecule has 0 atom stereocenters. The summed E-state index contributed by atoms with van der Waals surface area (Å²) in [7, 11) is 0. The van der Waals surface area contributed by atoms with Crippen LogP contribution in [0.3, 0.4) is 0 Å². The van der Waals surface area contributed by atoms with Crippen LogP contribution in [0.15, 0.2) is 31.4 Å². The van der Waals surface area contributed by atoms with Crippen LogP contribution < -0.4 is 0 Å². The smallest absolute Gasteiger partial charge is 0.336 e. The van der Waals surface area contributed by atoms with Gasteiger partial charge in [0.15, 0.2) is 0 Å². The van der Waals surface area contributed by atoms with Gasteiger partial charge in [0.2, 0.25) is 0 Å². The molecule has 1 aromatic carbocycles. The van der Waals surface area contributed by atoms with E-state index in [0.717, 1.165) is 6.07 Å². The predicted molar refractivity (Wildman–Crippen MR) is 75.1 cm³/mol. The molecule has 21 heavy (non-hydrogen) atoms. The van der Waals surface area contributed by atoms with Gasteiger partial charge in [-0.25, -0.2) is 14.4 Å². The number of benzene rings is 1. The first kappa shape index (κ1) is 16.2. The second-order valence-electron chi connectivity index (χ2n) is 4.20. The largest absolute Gasteiger partial charge is 0.478 e. The molecule has 0 aliphatic rings. The van der Waals surface area contributed by atoms with Crippen molar-refractivity contribution in [3.8, 4) is 0 Å². The number of allylic oxidation sites excluding steroid dienone is 2. The van der Waals surface area contributed by atoms with Crippen molar-refractivity contribution in [1.82, 2.24) is 0 Å². The summed E-state index contributed by atoms with van der Waals surface area (Å²) in [6, 6.07) is 0.981. The summed E-state index contributed by atoms with van der Waals surface area (Å²) in [6.07, 6.45) is 2.75. The van der Waals surface area contributed by atoms with Gasteiger partial charge in [-0.05, 0) is 30.0 Å². The summed E-state index contributed by atoms with van der Waals surface area (Å²) < 4.78 is 0. The Morgan fingerprint density at radius 3 is 1.48 bits per heavy atom. The fourth-order valence-corrected chi connectivity index (χ4v) is 2.12. The van der Waals surface area contributed by atoms with E-state index in [2.05, 4.69) is 13.2 Å². The molecule has 0 aliphatic heterocycles. The standard InChI is InChI=1S/C15H14O6/c1-3-5-8-10(13(16)17)7-11(14(18)19)9(6-4-2)12(8)15(20)21/h3-4,7H,1-2,5-6H2,(H,16,17)(H,18,19)(H,20,21). The van der Waals surface area contributed by atoms with Crippen LogP contribution in [0.1, 0.15) is 42.2 Å². The quantitative estimate of drug-likeness (QED) is 0.664. The van der Waals surface area contributed by atoms with E-state index in [-0.39, 0.29) is 40.7 Å². The van der Waals surface area contributed by atoms with Crippen molar-refractivity contribution in [2.24, 2.45) is 0 Å². The van der Waals surface area contributed by atoms with Crippen molar-refractivity contribution >= 4 is 17.9 Å². The Morgan fingerprint density at radius 2 is 1.24 bits per heavy atom. The van der Waals surface area contributed by atoms with E-state index in [1.807, 2.05) is 0 Å². The second kappa shape index (κ2) is 6.51. The molecule has 0 saturated carbocycles. The first-order chi connectivity index (χ1) is 9.84. The van der Waals surface area contributed by atoms with Crippen LogP contribution in [-0.2, 0) is 12.8 Å². The minimum absolute atomic E-state index is 0.00725. The number of aromatic carboxylic acids is 3. The van der Waals surface area contributed by atoms with Gasteiger partial charge in [0.25, 0.3) is 0 Å². The molecule has 0 unspecified atom stereocenters. The van der Waals surface area contributed by atoms with Crippen molar-refractivity contribution in [2.75, 3.05) is 0 Å². The van der Waals surface area contributed by atoms with Gasteiger partial charge in [-0.2, -0.15) is 0 Å². The average Bonchev–Trinajstić information content (AvgIpc) is 2.38. The number of hydrogen-bond acceptors (Lipinski definition) is 3. The van der Waals surface area contributed by atoms with E-state index in [1.165, 1.54) is 12.2 Å². The van der Waals surface area contributed by atoms with E-state index < -0.39 is 17.9 Å². The summed E-state index contributed by atoms with van der Waals surface area (Å²) in [4.78, 5) is 34.0. The van der Waals surface area contributed by atoms with Gasteiger partial charge in [-0.1, -0.05) is 12.2 Å². The second-order valence-corrected chi connectivity index (χ2v) is 4.20. The third kappa shape index (κ3) is 3.17. The molecular formula is C15H14O6. The van der Waals surface area contributed by atoms with E-state index in [9.17, 15) is 29.7 Å². The van der Waals surface area contributed by atoms with Crippen LogP contribution in [0.4, 0.5) is 0 Å². The fourth-order valence-electron chi connectivity index (χ4n) is 2.12. The van der Waals surface area contributed by atoms with Crippen LogP contribution in [-0.4, -0.2) is 33.2 Å². The third-order valence-corrected chi connectivity index (χ3v) is 2.91. The van der Waals surface area contributed by atoms with E-state index in [0.29, 0.717) is 0 Å². The van der Waals surface area contributed by atoms with Crippen LogP contribution in [0.5, 0.6) is 0 Å². The normalized spacial score (nSPS) is 9.90. The lowest BCUT2D eigenvalue weighted by molar-refractivity contribution is 0.0695. The highest BCUT2D eigenvalue weighted by Gasteiger charge is 2.26. The van der Waals surface area contributed by atoms with E-state index >= 15 is 0 Å². The van der Waals surface area contributed by atoms with Gasteiger partial charge < -0.3 is 15.3 Å². The lowest BCUT2D eigenvalue weighted by Crippen LogP contribution is -2.17. The lowest BCUT2D eigenvalue weighted by Gasteiger charge is -2.15. The zero-order valence-electron chi connectivity index (χ0n) is 11.1. The number of carbonyl (C=O) groups is 3. The first-order valence-electron chi connectivity index (χ1n) is 5.95. The van der Waals surface area contributed by atoms with Gasteiger partial charge in [-0.15, -0.1) is 13.2 Å². The van der Waals surface area contributed by atoms with Gasteiger partial charge in [0.1, 0.15) is 0 Å². The Hall–Kier alpha value is -2.89. The molecule has 0 bridgehead atoms. The fraction of sp³-hybridized carbons (Fsp3) is 0.133. The molecule has 0 saturated heterocycles. The minimum atomic E-state index is -1.39. The zero-order chi connectivity index (χ0) is 16.2. The lowest BCUT2D eigenvalue weighted by atomic mass is 9.88. The molecule has 0 amide bonds. The molecule has 110 valence electrons. The Kier molecular flexibility index (Phi) is 5.01. The third-order valence-electron chi connectivity index (χ3n) is 2.91. The molecule has 6 heteroatoms. The Labute approximate surface area is 120 Å². The molecule has 0 radical (unpaired) electrons. The van der Waals surface area contributed by atoms with Crippen molar-refractivity contribution in [1.29, 1.82) is 0 Å². The van der Waals surface area contributed by atoms with Crippen LogP contribution in [0.2, 0.25) is 0 Å². The number of rotatable bonds is 7. The van der Waals surface area contributed by atoms with Gasteiger partial charge in [0, 0.05) is 0 Å². The summed E-state index contributed by atoms with van der Waals surface area (Å²) >= 11 is 0. The summed E-state index contributed by atoms with van der Waals surface area (Å²) in [5.74, 6) is -4.15. The van der Waals surface area contributed by atoms with E-state index in [4.69, 9.17) is 0 Å². The highest BCUT2D eigenvalue weighted by molar-refractivity contribution is 6.03. The van der Waals surface area contributed by atoms with Crippen molar-refractivity contribution in [3.05, 3.63) is 59.2 Å². The summed E-state index contributed by atoms with van der Waals surface area (Å²) in [6.45, 7) is 6.94. The minimum Gasteiger partial charge on any atom is -0.478 e. The van der Waals surface area contributed by atoms with Gasteiger partial charge >= 0.3 is 17.9 Å². The average molecular weight is 290 g/mol. The van der Waals surface area contributed by atoms with Crippen molar-refractivity contribution in [3.63, 3.8) is 0 Å². The Morgan fingerprint density at radius 1 is 0.857 bits per heavy atom. The number of hydrogen-bond donors (Lipinski definition) is 3. The van der Waals surface area contributed by atoms with Crippen LogP contribution >= 0.6 is 0 Å². The SMILES string of the molecule is C=CCc1c(C(=O)O)cc(C(=O)O)c(CC=C)c1C(=O)O. The molecular weight excluding hydrogens is 276 g/mol. The topological polar surface area (TPSA) is 112 Å². The van der Waals surface area contributed by atoms with Crippen molar-refractivity contribution in [2.45, 2.75) is 12.8 Å². The molecule has 0 fully saturated rings. The number of carboxylic acid groups (broad SMARTS) is 3. The molecule has 1 aromatic rings. The zero-order valence-corrected chi connectivity index (χ0v) is 11.1. The van der Waals surface area contributed by atoms with Crippen LogP contribution in [0.25, 0.3) is 0 Å². The first-order valence-corrected chi connectivity index (χ1v) is 5.95. The maximum Gasteiger partial charge on any atom is 0.336 e. The van der Waals surface area contributed by atoms with Gasteiger partial charge in [0.05, 0.1) is 16.7 Å². The maximum atomic E-state index is 11.5. The number of carboxylic acids is 3. The highest BCUT2D eigenvalue weighted by Crippen LogP contribution is 2.26. The van der Waals surface area contributed by atoms with Crippen LogP contribution in [0, 0.1) is 0 Å². The van der Waals surface area contributed by atoms with Gasteiger partial charge in [-0.3, -0.25) is 0 Å². The molecule has 0 heterocycles.